The Morgan fingerprint density at radius 2 is 2.50 bits per heavy atom. The van der Waals surface area contributed by atoms with Gasteiger partial charge in [0.15, 0.2) is 0 Å². The van der Waals surface area contributed by atoms with Crippen molar-refractivity contribution in [3.05, 3.63) is 5.51 Å². The molecule has 0 fully saturated rings. The highest BCUT2D eigenvalue weighted by Gasteiger charge is 2.04. The summed E-state index contributed by atoms with van der Waals surface area (Å²) in [4.78, 5) is 2.68. The van der Waals surface area contributed by atoms with E-state index in [0.717, 1.165) is 18.1 Å². The molecule has 1 atom stereocenters. The summed E-state index contributed by atoms with van der Waals surface area (Å²) in [6.45, 7) is 3.16. The molecule has 5 heteroatoms. The van der Waals surface area contributed by atoms with Gasteiger partial charge in [-0.1, -0.05) is 34.2 Å². The lowest BCUT2D eigenvalue weighted by Gasteiger charge is -2.15. The fourth-order valence-electron chi connectivity index (χ4n) is 0.801. The first-order chi connectivity index (χ1) is 5.70. The highest BCUT2D eigenvalue weighted by molar-refractivity contribution is 9.09. The SMILES string of the molecule is CC(Br)CCN(C)c1nncs1. The maximum atomic E-state index is 3.97. The minimum absolute atomic E-state index is 0.563. The molecule has 0 bridgehead atoms. The first kappa shape index (κ1) is 9.92. The Kier molecular flexibility index (Phi) is 3.94. The molecule has 0 spiro atoms. The molecule has 3 nitrogen and oxygen atoms in total. The van der Waals surface area contributed by atoms with Gasteiger partial charge in [0.25, 0.3) is 0 Å². The van der Waals surface area contributed by atoms with Gasteiger partial charge in [0.1, 0.15) is 5.51 Å². The van der Waals surface area contributed by atoms with E-state index in [9.17, 15) is 0 Å². The number of aromatic nitrogens is 2. The molecule has 1 unspecified atom stereocenters. The molecular weight excluding hydrogens is 238 g/mol. The van der Waals surface area contributed by atoms with Crippen LogP contribution in [-0.4, -0.2) is 28.6 Å². The maximum Gasteiger partial charge on any atom is 0.207 e. The van der Waals surface area contributed by atoms with Crippen molar-refractivity contribution in [2.75, 3.05) is 18.5 Å². The zero-order chi connectivity index (χ0) is 8.97. The topological polar surface area (TPSA) is 29.0 Å². The van der Waals surface area contributed by atoms with Crippen molar-refractivity contribution in [1.29, 1.82) is 0 Å². The molecule has 1 rings (SSSR count). The lowest BCUT2D eigenvalue weighted by Crippen LogP contribution is -2.20. The van der Waals surface area contributed by atoms with Crippen molar-refractivity contribution >= 4 is 32.4 Å². The normalized spacial score (nSPS) is 12.9. The Morgan fingerprint density at radius 1 is 1.75 bits per heavy atom. The molecule has 1 aromatic heterocycles. The Balaban J connectivity index is 2.34. The molecule has 0 saturated carbocycles. The van der Waals surface area contributed by atoms with Gasteiger partial charge >= 0.3 is 0 Å². The van der Waals surface area contributed by atoms with Crippen molar-refractivity contribution in [2.45, 2.75) is 18.2 Å². The lowest BCUT2D eigenvalue weighted by molar-refractivity contribution is 0.780. The monoisotopic (exact) mass is 249 g/mol. The minimum Gasteiger partial charge on any atom is -0.350 e. The van der Waals surface area contributed by atoms with E-state index >= 15 is 0 Å². The van der Waals surface area contributed by atoms with Gasteiger partial charge in [0.2, 0.25) is 5.13 Å². The summed E-state index contributed by atoms with van der Waals surface area (Å²) in [5.41, 5.74) is 1.75. The van der Waals surface area contributed by atoms with Gasteiger partial charge in [-0.25, -0.2) is 0 Å². The van der Waals surface area contributed by atoms with E-state index in [2.05, 4.69) is 38.0 Å². The van der Waals surface area contributed by atoms with Gasteiger partial charge in [-0.15, -0.1) is 10.2 Å². The second-order valence-corrected chi connectivity index (χ2v) is 5.09. The molecule has 0 aromatic carbocycles. The molecule has 0 aliphatic carbocycles. The van der Waals surface area contributed by atoms with Crippen LogP contribution in [0.15, 0.2) is 5.51 Å². The Bertz CT molecular complexity index is 212. The minimum atomic E-state index is 0.563. The van der Waals surface area contributed by atoms with Crippen LogP contribution >= 0.6 is 27.3 Å². The lowest BCUT2D eigenvalue weighted by atomic mass is 10.3. The first-order valence-corrected chi connectivity index (χ1v) is 5.61. The smallest absolute Gasteiger partial charge is 0.207 e. The molecular formula is C7H12BrN3S. The average Bonchev–Trinajstić information content (AvgIpc) is 2.51. The molecule has 0 N–H and O–H groups in total. The summed E-state index contributed by atoms with van der Waals surface area (Å²) < 4.78 is 0. The van der Waals surface area contributed by atoms with Crippen LogP contribution in [0.5, 0.6) is 0 Å². The van der Waals surface area contributed by atoms with Gasteiger partial charge in [-0.2, -0.15) is 0 Å². The zero-order valence-corrected chi connectivity index (χ0v) is 9.60. The maximum absolute atomic E-state index is 3.97. The molecule has 1 heterocycles. The first-order valence-electron chi connectivity index (χ1n) is 3.81. The van der Waals surface area contributed by atoms with E-state index in [1.54, 1.807) is 16.8 Å². The van der Waals surface area contributed by atoms with E-state index in [-0.39, 0.29) is 0 Å². The van der Waals surface area contributed by atoms with Gasteiger partial charge in [-0.05, 0) is 6.42 Å². The number of hydrogen-bond donors (Lipinski definition) is 0. The molecule has 0 aliphatic rings. The second-order valence-electron chi connectivity index (χ2n) is 2.71. The standard InChI is InChI=1S/C7H12BrN3S/c1-6(8)3-4-11(2)7-10-9-5-12-7/h5-6H,3-4H2,1-2H3. The number of halogens is 1. The summed E-state index contributed by atoms with van der Waals surface area (Å²) in [6, 6.07) is 0. The second kappa shape index (κ2) is 4.77. The highest BCUT2D eigenvalue weighted by atomic mass is 79.9. The summed E-state index contributed by atoms with van der Waals surface area (Å²) in [5.74, 6) is 0. The van der Waals surface area contributed by atoms with Gasteiger partial charge in [0.05, 0.1) is 0 Å². The Morgan fingerprint density at radius 3 is 3.00 bits per heavy atom. The van der Waals surface area contributed by atoms with E-state index in [4.69, 9.17) is 0 Å². The predicted octanol–water partition coefficient (Wildman–Crippen LogP) is 2.15. The van der Waals surface area contributed by atoms with Crippen LogP contribution in [0.1, 0.15) is 13.3 Å². The van der Waals surface area contributed by atoms with Crippen LogP contribution in [0.3, 0.4) is 0 Å². The largest absolute Gasteiger partial charge is 0.350 e. The van der Waals surface area contributed by atoms with Gasteiger partial charge in [-0.3, -0.25) is 0 Å². The third kappa shape index (κ3) is 3.06. The van der Waals surface area contributed by atoms with Gasteiger partial charge < -0.3 is 4.90 Å². The third-order valence-corrected chi connectivity index (χ3v) is 2.80. The fourth-order valence-corrected chi connectivity index (χ4v) is 1.56. The van der Waals surface area contributed by atoms with Crippen LogP contribution < -0.4 is 4.90 Å². The van der Waals surface area contributed by atoms with Crippen molar-refractivity contribution in [3.63, 3.8) is 0 Å². The molecule has 1 aromatic rings. The molecule has 0 amide bonds. The summed E-state index contributed by atoms with van der Waals surface area (Å²) in [6.07, 6.45) is 1.12. The van der Waals surface area contributed by atoms with E-state index in [1.807, 2.05) is 7.05 Å². The van der Waals surface area contributed by atoms with Crippen molar-refractivity contribution in [2.24, 2.45) is 0 Å². The molecule has 0 radical (unpaired) electrons. The molecule has 12 heavy (non-hydrogen) atoms. The highest BCUT2D eigenvalue weighted by Crippen LogP contribution is 2.14. The number of nitrogens with zero attached hydrogens (tertiary/aromatic N) is 3. The van der Waals surface area contributed by atoms with Crippen molar-refractivity contribution in [3.8, 4) is 0 Å². The average molecular weight is 250 g/mol. The van der Waals surface area contributed by atoms with Crippen LogP contribution in [0.4, 0.5) is 5.13 Å². The fraction of sp³-hybridized carbons (Fsp3) is 0.714. The number of hydrogen-bond acceptors (Lipinski definition) is 4. The number of alkyl halides is 1. The quantitative estimate of drug-likeness (QED) is 0.767. The third-order valence-electron chi connectivity index (χ3n) is 1.54. The summed E-state index contributed by atoms with van der Waals surface area (Å²) in [5, 5.41) is 8.75. The van der Waals surface area contributed by atoms with Crippen LogP contribution in [0.25, 0.3) is 0 Å². The Labute approximate surface area is 84.9 Å². The number of rotatable bonds is 4. The van der Waals surface area contributed by atoms with Crippen LogP contribution in [0, 0.1) is 0 Å². The van der Waals surface area contributed by atoms with E-state index in [1.165, 1.54) is 0 Å². The van der Waals surface area contributed by atoms with Crippen LogP contribution in [0.2, 0.25) is 0 Å². The van der Waals surface area contributed by atoms with Crippen molar-refractivity contribution in [1.82, 2.24) is 10.2 Å². The molecule has 0 saturated heterocycles. The number of anilines is 1. The van der Waals surface area contributed by atoms with Crippen molar-refractivity contribution < 1.29 is 0 Å². The molecule has 0 aliphatic heterocycles. The zero-order valence-electron chi connectivity index (χ0n) is 7.20. The Hall–Kier alpha value is -0.160. The van der Waals surface area contributed by atoms with E-state index < -0.39 is 0 Å². The predicted molar refractivity (Wildman–Crippen MR) is 56.2 cm³/mol. The van der Waals surface area contributed by atoms with Crippen LogP contribution in [-0.2, 0) is 0 Å². The summed E-state index contributed by atoms with van der Waals surface area (Å²) >= 11 is 5.08. The molecule has 68 valence electrons. The summed E-state index contributed by atoms with van der Waals surface area (Å²) in [7, 11) is 2.04. The van der Waals surface area contributed by atoms with Gasteiger partial charge in [0, 0.05) is 18.4 Å². The van der Waals surface area contributed by atoms with E-state index in [0.29, 0.717) is 4.83 Å².